The molecule has 1 aliphatic rings. The Labute approximate surface area is 155 Å². The molecule has 1 N–H and O–H groups in total. The summed E-state index contributed by atoms with van der Waals surface area (Å²) in [5.74, 6) is -0.369. The van der Waals surface area contributed by atoms with Gasteiger partial charge < -0.3 is 19.3 Å². The summed E-state index contributed by atoms with van der Waals surface area (Å²) in [5.41, 5.74) is 0.889. The van der Waals surface area contributed by atoms with Gasteiger partial charge >= 0.3 is 5.97 Å². The molecule has 0 radical (unpaired) electrons. The molecule has 26 heavy (non-hydrogen) atoms. The zero-order chi connectivity index (χ0) is 19.1. The maximum atomic E-state index is 12.7. The summed E-state index contributed by atoms with van der Waals surface area (Å²) in [5, 5.41) is 10.1. The number of phenols is 1. The number of rotatable bonds is 8. The Bertz CT molecular complexity index is 639. The molecule has 1 heterocycles. The fourth-order valence-corrected chi connectivity index (χ4v) is 3.26. The summed E-state index contributed by atoms with van der Waals surface area (Å²) in [6.45, 7) is 9.54. The van der Waals surface area contributed by atoms with E-state index in [1.807, 2.05) is 6.08 Å². The van der Waals surface area contributed by atoms with Crippen LogP contribution in [0.25, 0.3) is 0 Å². The van der Waals surface area contributed by atoms with Gasteiger partial charge in [-0.3, -0.25) is 0 Å². The first-order valence-corrected chi connectivity index (χ1v) is 8.92. The lowest BCUT2D eigenvalue weighted by Gasteiger charge is -2.36. The Kier molecular flexibility index (Phi) is 7.42. The molecule has 5 nitrogen and oxygen atoms in total. The minimum atomic E-state index is -0.531. The van der Waals surface area contributed by atoms with Gasteiger partial charge in [0.2, 0.25) is 0 Å². The van der Waals surface area contributed by atoms with E-state index in [0.717, 1.165) is 6.42 Å². The third-order valence-electron chi connectivity index (χ3n) is 4.68. The molecule has 5 heteroatoms. The molecule has 1 fully saturated rings. The summed E-state index contributed by atoms with van der Waals surface area (Å²) in [4.78, 5) is 12.7. The highest BCUT2D eigenvalue weighted by molar-refractivity contribution is 5.94. The predicted octanol–water partition coefficient (Wildman–Crippen LogP) is 4.01. The number of benzene rings is 1. The Morgan fingerprint density at radius 1 is 1.38 bits per heavy atom. The number of hydrogen-bond acceptors (Lipinski definition) is 5. The summed E-state index contributed by atoms with van der Waals surface area (Å²) >= 11 is 0. The minimum Gasteiger partial charge on any atom is -0.507 e. The zero-order valence-electron chi connectivity index (χ0n) is 15.5. The number of aromatic hydroxyl groups is 1. The van der Waals surface area contributed by atoms with Crippen LogP contribution in [-0.4, -0.2) is 36.7 Å². The number of esters is 1. The van der Waals surface area contributed by atoms with Gasteiger partial charge in [-0.15, -0.1) is 13.2 Å². The van der Waals surface area contributed by atoms with Gasteiger partial charge in [0.1, 0.15) is 17.4 Å². The standard InChI is InChI=1S/C21H28O5/c1-5-8-14(3)18-12-16(13-19(24-4)26-18)25-21(23)20-15(9-6-2)10-7-11-17(20)22/h5-7,10-11,14,16,18-19,22H,1-2,8-9,12-13H2,3-4H3/t14-,16+,18+,19-/m0/s1. The minimum absolute atomic E-state index is 0.0819. The summed E-state index contributed by atoms with van der Waals surface area (Å²) < 4.78 is 17.0. The van der Waals surface area contributed by atoms with Crippen molar-refractivity contribution >= 4 is 5.97 Å². The van der Waals surface area contributed by atoms with Crippen molar-refractivity contribution in [2.75, 3.05) is 7.11 Å². The molecule has 2 rings (SSSR count). The van der Waals surface area contributed by atoms with E-state index >= 15 is 0 Å². The highest BCUT2D eigenvalue weighted by atomic mass is 16.7. The summed E-state index contributed by atoms with van der Waals surface area (Å²) in [6.07, 6.45) is 5.04. The maximum Gasteiger partial charge on any atom is 0.342 e. The molecule has 1 saturated heterocycles. The van der Waals surface area contributed by atoms with Crippen LogP contribution >= 0.6 is 0 Å². The van der Waals surface area contributed by atoms with Crippen molar-refractivity contribution in [3.05, 3.63) is 54.6 Å². The van der Waals surface area contributed by atoms with Crippen molar-refractivity contribution in [3.63, 3.8) is 0 Å². The van der Waals surface area contributed by atoms with Crippen LogP contribution in [0.1, 0.15) is 42.1 Å². The van der Waals surface area contributed by atoms with Crippen molar-refractivity contribution < 1.29 is 24.1 Å². The van der Waals surface area contributed by atoms with Gasteiger partial charge in [-0.2, -0.15) is 0 Å². The normalized spacial score (nSPS) is 23.8. The topological polar surface area (TPSA) is 65.0 Å². The first-order chi connectivity index (χ1) is 12.5. The average molecular weight is 360 g/mol. The molecule has 142 valence electrons. The average Bonchev–Trinajstić information content (AvgIpc) is 2.61. The van der Waals surface area contributed by atoms with Gasteiger partial charge in [-0.05, 0) is 30.4 Å². The van der Waals surface area contributed by atoms with Crippen LogP contribution in [0.4, 0.5) is 0 Å². The number of carbonyl (C=O) groups excluding carboxylic acids is 1. The van der Waals surface area contributed by atoms with Gasteiger partial charge in [-0.25, -0.2) is 4.79 Å². The molecule has 4 atom stereocenters. The molecule has 1 aromatic rings. The Balaban J connectivity index is 2.14. The van der Waals surface area contributed by atoms with Crippen molar-refractivity contribution in [2.24, 2.45) is 5.92 Å². The van der Waals surface area contributed by atoms with E-state index in [0.29, 0.717) is 24.8 Å². The lowest BCUT2D eigenvalue weighted by molar-refractivity contribution is -0.214. The van der Waals surface area contributed by atoms with Crippen LogP contribution < -0.4 is 0 Å². The van der Waals surface area contributed by atoms with Crippen LogP contribution in [-0.2, 0) is 20.6 Å². The zero-order valence-corrected chi connectivity index (χ0v) is 15.5. The van der Waals surface area contributed by atoms with Gasteiger partial charge in [0.05, 0.1) is 6.10 Å². The quantitative estimate of drug-likeness (QED) is 0.560. The van der Waals surface area contributed by atoms with E-state index in [-0.39, 0.29) is 29.4 Å². The van der Waals surface area contributed by atoms with Crippen LogP contribution in [0.5, 0.6) is 5.75 Å². The first-order valence-electron chi connectivity index (χ1n) is 8.92. The third-order valence-corrected chi connectivity index (χ3v) is 4.68. The van der Waals surface area contributed by atoms with Gasteiger partial charge in [0, 0.05) is 20.0 Å². The first kappa shape index (κ1) is 20.2. The van der Waals surface area contributed by atoms with Crippen LogP contribution in [0.15, 0.2) is 43.5 Å². The molecule has 0 aromatic heterocycles. The number of hydrogen-bond donors (Lipinski definition) is 1. The second kappa shape index (κ2) is 9.55. The number of phenolic OH excluding ortho intramolecular Hbond substituents is 1. The number of allylic oxidation sites excluding steroid dienone is 2. The summed E-state index contributed by atoms with van der Waals surface area (Å²) in [7, 11) is 1.58. The second-order valence-corrected chi connectivity index (χ2v) is 6.64. The number of methoxy groups -OCH3 is 1. The van der Waals surface area contributed by atoms with Crippen LogP contribution in [0.3, 0.4) is 0 Å². The molecule has 1 aliphatic heterocycles. The van der Waals surface area contributed by atoms with Crippen LogP contribution in [0.2, 0.25) is 0 Å². The largest absolute Gasteiger partial charge is 0.507 e. The molecule has 0 spiro atoms. The van der Waals surface area contributed by atoms with Crippen molar-refractivity contribution in [2.45, 2.75) is 51.1 Å². The fraction of sp³-hybridized carbons (Fsp3) is 0.476. The Hall–Kier alpha value is -2.11. The van der Waals surface area contributed by atoms with E-state index in [4.69, 9.17) is 14.2 Å². The van der Waals surface area contributed by atoms with E-state index < -0.39 is 12.3 Å². The molecule has 0 saturated carbocycles. The molecular weight excluding hydrogens is 332 g/mol. The molecule has 0 unspecified atom stereocenters. The molecule has 0 amide bonds. The van der Waals surface area contributed by atoms with Gasteiger partial charge in [0.15, 0.2) is 6.29 Å². The molecular formula is C21H28O5. The Morgan fingerprint density at radius 3 is 2.81 bits per heavy atom. The lowest BCUT2D eigenvalue weighted by Crippen LogP contribution is -2.41. The second-order valence-electron chi connectivity index (χ2n) is 6.64. The highest BCUT2D eigenvalue weighted by Crippen LogP contribution is 2.30. The number of ether oxygens (including phenoxy) is 3. The fourth-order valence-electron chi connectivity index (χ4n) is 3.26. The smallest absolute Gasteiger partial charge is 0.342 e. The highest BCUT2D eigenvalue weighted by Gasteiger charge is 2.35. The SMILES string of the molecule is C=CCc1cccc(O)c1C(=O)O[C@H]1C[C@@H](OC)O[C@@H]([C@@H](C)CC=C)C1. The molecule has 0 bridgehead atoms. The molecule has 0 aliphatic carbocycles. The monoisotopic (exact) mass is 360 g/mol. The molecule has 1 aromatic carbocycles. The van der Waals surface area contributed by atoms with Gasteiger partial charge in [-0.1, -0.05) is 31.2 Å². The Morgan fingerprint density at radius 2 is 2.15 bits per heavy atom. The van der Waals surface area contributed by atoms with Crippen molar-refractivity contribution in [1.82, 2.24) is 0 Å². The van der Waals surface area contributed by atoms with Gasteiger partial charge in [0.25, 0.3) is 0 Å². The van der Waals surface area contributed by atoms with E-state index in [9.17, 15) is 9.90 Å². The van der Waals surface area contributed by atoms with Crippen molar-refractivity contribution in [1.29, 1.82) is 0 Å². The third kappa shape index (κ3) is 4.96. The van der Waals surface area contributed by atoms with E-state index in [1.54, 1.807) is 25.3 Å². The lowest BCUT2D eigenvalue weighted by atomic mass is 9.92. The van der Waals surface area contributed by atoms with E-state index in [2.05, 4.69) is 20.1 Å². The maximum absolute atomic E-state index is 12.7. The predicted molar refractivity (Wildman–Crippen MR) is 100 cm³/mol. The van der Waals surface area contributed by atoms with E-state index in [1.165, 1.54) is 6.07 Å². The summed E-state index contributed by atoms with van der Waals surface area (Å²) in [6, 6.07) is 4.97. The van der Waals surface area contributed by atoms with Crippen LogP contribution in [0, 0.1) is 5.92 Å². The van der Waals surface area contributed by atoms with Crippen molar-refractivity contribution in [3.8, 4) is 5.75 Å². The number of carbonyl (C=O) groups is 1.